The zero-order valence-electron chi connectivity index (χ0n) is 11.1. The lowest BCUT2D eigenvalue weighted by atomic mass is 10.0. The van der Waals surface area contributed by atoms with Crippen molar-refractivity contribution in [2.45, 2.75) is 31.8 Å². The van der Waals surface area contributed by atoms with E-state index in [2.05, 4.69) is 26.0 Å². The van der Waals surface area contributed by atoms with Crippen LogP contribution in [0.5, 0.6) is 0 Å². The van der Waals surface area contributed by atoms with Crippen LogP contribution in [0.1, 0.15) is 29.8 Å². The molecule has 1 aliphatic heterocycles. The summed E-state index contributed by atoms with van der Waals surface area (Å²) in [5.74, 6) is 0.0764. The first kappa shape index (κ1) is 13.4. The van der Waals surface area contributed by atoms with Crippen LogP contribution in [0.3, 0.4) is 0 Å². The quantitative estimate of drug-likeness (QED) is 0.936. The molecule has 3 rings (SSSR count). The minimum absolute atomic E-state index is 0.0764. The molecule has 5 nitrogen and oxygen atoms in total. The van der Waals surface area contributed by atoms with Crippen molar-refractivity contribution in [2.24, 2.45) is 0 Å². The highest BCUT2D eigenvalue weighted by atomic mass is 79.9. The molecule has 1 aliphatic rings. The van der Waals surface area contributed by atoms with E-state index in [4.69, 9.17) is 0 Å². The van der Waals surface area contributed by atoms with E-state index in [0.29, 0.717) is 5.69 Å². The zero-order valence-corrected chi connectivity index (χ0v) is 12.7. The Morgan fingerprint density at radius 3 is 3.10 bits per heavy atom. The number of nitrogens with one attached hydrogen (secondary N) is 1. The highest BCUT2D eigenvalue weighted by Crippen LogP contribution is 2.21. The van der Waals surface area contributed by atoms with E-state index in [0.717, 1.165) is 30.4 Å². The monoisotopic (exact) mass is 336 g/mol. The fourth-order valence-corrected chi connectivity index (χ4v) is 3.07. The Labute approximate surface area is 126 Å². The van der Waals surface area contributed by atoms with Crippen molar-refractivity contribution < 1.29 is 4.79 Å². The molecule has 0 saturated carbocycles. The number of H-pyrrole nitrogens is 1. The Morgan fingerprint density at radius 1 is 1.50 bits per heavy atom. The van der Waals surface area contributed by atoms with E-state index in [1.807, 2.05) is 27.9 Å². The topological polar surface area (TPSA) is 53.9 Å². The van der Waals surface area contributed by atoms with Crippen molar-refractivity contribution in [3.63, 3.8) is 0 Å². The van der Waals surface area contributed by atoms with Crippen LogP contribution < -0.4 is 0 Å². The SMILES string of the molecule is O=C(c1cc(Br)c[nH]1)N1CCCC[C@@H]1Cn1cccn1. The fourth-order valence-electron chi connectivity index (χ4n) is 2.73. The molecular formula is C14H17BrN4O. The molecule has 0 aliphatic carbocycles. The van der Waals surface area contributed by atoms with Crippen LogP contribution in [-0.4, -0.2) is 38.2 Å². The third-order valence-corrected chi connectivity index (χ3v) is 4.18. The van der Waals surface area contributed by atoms with Gasteiger partial charge in [-0.2, -0.15) is 5.10 Å². The molecule has 0 spiro atoms. The summed E-state index contributed by atoms with van der Waals surface area (Å²) in [6.07, 6.45) is 8.79. The van der Waals surface area contributed by atoms with Crippen LogP contribution in [0.4, 0.5) is 0 Å². The predicted octanol–water partition coefficient (Wildman–Crippen LogP) is 2.67. The lowest BCUT2D eigenvalue weighted by molar-refractivity contribution is 0.0578. The minimum atomic E-state index is 0.0764. The second kappa shape index (κ2) is 5.83. The summed E-state index contributed by atoms with van der Waals surface area (Å²) in [4.78, 5) is 17.6. The van der Waals surface area contributed by atoms with Crippen LogP contribution in [0.15, 0.2) is 35.2 Å². The normalized spacial score (nSPS) is 19.2. The third kappa shape index (κ3) is 2.80. The molecule has 106 valence electrons. The Balaban J connectivity index is 1.76. The van der Waals surface area contributed by atoms with Crippen molar-refractivity contribution >= 4 is 21.8 Å². The van der Waals surface area contributed by atoms with Gasteiger partial charge >= 0.3 is 0 Å². The molecule has 0 bridgehead atoms. The molecule has 1 N–H and O–H groups in total. The number of hydrogen-bond donors (Lipinski definition) is 1. The number of aromatic nitrogens is 3. The Hall–Kier alpha value is -1.56. The number of hydrogen-bond acceptors (Lipinski definition) is 2. The van der Waals surface area contributed by atoms with Crippen molar-refractivity contribution in [3.05, 3.63) is 40.9 Å². The van der Waals surface area contributed by atoms with Crippen LogP contribution in [0.2, 0.25) is 0 Å². The summed E-state index contributed by atoms with van der Waals surface area (Å²) in [7, 11) is 0. The van der Waals surface area contributed by atoms with Crippen LogP contribution >= 0.6 is 15.9 Å². The van der Waals surface area contributed by atoms with Gasteiger partial charge in [-0.3, -0.25) is 9.48 Å². The lowest BCUT2D eigenvalue weighted by Gasteiger charge is -2.35. The van der Waals surface area contributed by atoms with Gasteiger partial charge in [-0.25, -0.2) is 0 Å². The van der Waals surface area contributed by atoms with Gasteiger partial charge in [0.1, 0.15) is 5.69 Å². The molecule has 1 fully saturated rings. The summed E-state index contributed by atoms with van der Waals surface area (Å²) in [6, 6.07) is 3.97. The van der Waals surface area contributed by atoms with Gasteiger partial charge in [-0.05, 0) is 47.3 Å². The number of likely N-dealkylation sites (tertiary alicyclic amines) is 1. The maximum absolute atomic E-state index is 12.6. The summed E-state index contributed by atoms with van der Waals surface area (Å²) >= 11 is 3.37. The van der Waals surface area contributed by atoms with Gasteiger partial charge in [0.15, 0.2) is 0 Å². The number of halogens is 1. The zero-order chi connectivity index (χ0) is 13.9. The van der Waals surface area contributed by atoms with Crippen molar-refractivity contribution in [1.82, 2.24) is 19.7 Å². The van der Waals surface area contributed by atoms with E-state index < -0.39 is 0 Å². The maximum atomic E-state index is 12.6. The van der Waals surface area contributed by atoms with E-state index in [1.54, 1.807) is 12.4 Å². The maximum Gasteiger partial charge on any atom is 0.270 e. The number of nitrogens with zero attached hydrogens (tertiary/aromatic N) is 3. The van der Waals surface area contributed by atoms with Gasteiger partial charge < -0.3 is 9.88 Å². The van der Waals surface area contributed by atoms with Crippen LogP contribution in [0, 0.1) is 0 Å². The highest BCUT2D eigenvalue weighted by Gasteiger charge is 2.28. The molecule has 1 atom stereocenters. The molecule has 0 aromatic carbocycles. The number of rotatable bonds is 3. The van der Waals surface area contributed by atoms with E-state index in [1.165, 1.54) is 6.42 Å². The van der Waals surface area contributed by atoms with E-state index in [9.17, 15) is 4.79 Å². The molecule has 1 saturated heterocycles. The standard InChI is InChI=1S/C14H17BrN4O/c15-11-8-13(16-9-11)14(20)19-7-2-1-4-12(19)10-18-6-3-5-17-18/h3,5-6,8-9,12,16H,1-2,4,7,10H2/t12-/m1/s1. The second-order valence-corrected chi connectivity index (χ2v) is 6.02. The summed E-state index contributed by atoms with van der Waals surface area (Å²) in [5.41, 5.74) is 0.643. The van der Waals surface area contributed by atoms with Gasteiger partial charge in [-0.1, -0.05) is 0 Å². The van der Waals surface area contributed by atoms with Gasteiger partial charge in [0.25, 0.3) is 5.91 Å². The Bertz CT molecular complexity index is 578. The van der Waals surface area contributed by atoms with Gasteiger partial charge in [0, 0.05) is 29.6 Å². The first-order valence-corrected chi connectivity index (χ1v) is 7.65. The number of amides is 1. The molecule has 0 radical (unpaired) electrons. The van der Waals surface area contributed by atoms with Crippen molar-refractivity contribution in [1.29, 1.82) is 0 Å². The molecular weight excluding hydrogens is 320 g/mol. The summed E-state index contributed by atoms with van der Waals surface area (Å²) in [5, 5.41) is 4.24. The molecule has 3 heterocycles. The molecule has 0 unspecified atom stereocenters. The molecule has 6 heteroatoms. The van der Waals surface area contributed by atoms with Crippen molar-refractivity contribution in [2.75, 3.05) is 6.54 Å². The average Bonchev–Trinajstić information content (AvgIpc) is 3.10. The minimum Gasteiger partial charge on any atom is -0.356 e. The third-order valence-electron chi connectivity index (χ3n) is 3.72. The Kier molecular flexibility index (Phi) is 3.91. The highest BCUT2D eigenvalue weighted by molar-refractivity contribution is 9.10. The largest absolute Gasteiger partial charge is 0.356 e. The number of carbonyl (C=O) groups is 1. The van der Waals surface area contributed by atoms with Crippen LogP contribution in [0.25, 0.3) is 0 Å². The summed E-state index contributed by atoms with van der Waals surface area (Å²) < 4.78 is 2.81. The van der Waals surface area contributed by atoms with Crippen LogP contribution in [-0.2, 0) is 6.54 Å². The van der Waals surface area contributed by atoms with E-state index >= 15 is 0 Å². The smallest absolute Gasteiger partial charge is 0.270 e. The Morgan fingerprint density at radius 2 is 2.40 bits per heavy atom. The molecule has 1 amide bonds. The molecule has 2 aromatic rings. The first-order valence-electron chi connectivity index (χ1n) is 6.86. The lowest BCUT2D eigenvalue weighted by Crippen LogP contribution is -2.46. The van der Waals surface area contributed by atoms with Gasteiger partial charge in [0.05, 0.1) is 12.6 Å². The molecule has 2 aromatic heterocycles. The number of piperidine rings is 1. The fraction of sp³-hybridized carbons (Fsp3) is 0.429. The van der Waals surface area contributed by atoms with Crippen molar-refractivity contribution in [3.8, 4) is 0 Å². The molecule has 20 heavy (non-hydrogen) atoms. The average molecular weight is 337 g/mol. The number of carbonyl (C=O) groups excluding carboxylic acids is 1. The second-order valence-electron chi connectivity index (χ2n) is 5.11. The predicted molar refractivity (Wildman–Crippen MR) is 79.4 cm³/mol. The van der Waals surface area contributed by atoms with Gasteiger partial charge in [-0.15, -0.1) is 0 Å². The number of aromatic amines is 1. The van der Waals surface area contributed by atoms with Gasteiger partial charge in [0.2, 0.25) is 0 Å². The van der Waals surface area contributed by atoms with E-state index in [-0.39, 0.29) is 11.9 Å². The summed E-state index contributed by atoms with van der Waals surface area (Å²) in [6.45, 7) is 1.59. The first-order chi connectivity index (χ1) is 9.74.